The topological polar surface area (TPSA) is 64.3 Å². The first kappa shape index (κ1) is 14.8. The molecule has 4 nitrogen and oxygen atoms in total. The van der Waals surface area contributed by atoms with Gasteiger partial charge in [0.25, 0.3) is 0 Å². The zero-order chi connectivity index (χ0) is 15.2. The summed E-state index contributed by atoms with van der Waals surface area (Å²) in [4.78, 5) is 11.6. The van der Waals surface area contributed by atoms with Gasteiger partial charge in [-0.05, 0) is 36.8 Å². The van der Waals surface area contributed by atoms with Gasteiger partial charge in [-0.3, -0.25) is 4.79 Å². The summed E-state index contributed by atoms with van der Waals surface area (Å²) in [6.07, 6.45) is 0. The molecular weight excluding hydrogens is 271 g/mol. The molecule has 2 aromatic carbocycles. The lowest BCUT2D eigenvalue weighted by Gasteiger charge is -2.18. The van der Waals surface area contributed by atoms with Crippen molar-refractivity contribution in [3.63, 3.8) is 0 Å². The normalized spacial score (nSPS) is 11.7. The molecule has 0 fully saturated rings. The number of hydrogen-bond acceptors (Lipinski definition) is 3. The molecule has 2 aromatic rings. The fraction of sp³-hybridized carbons (Fsp3) is 0.188. The Hall–Kier alpha value is -2.56. The summed E-state index contributed by atoms with van der Waals surface area (Å²) in [6, 6.07) is 12.3. The van der Waals surface area contributed by atoms with Gasteiger partial charge in [0.1, 0.15) is 17.6 Å². The standard InChI is InChI=1S/C16H17FN2O2/c1-2-21-12-9-7-11(8-10-12)15(16(18)20)19-14-6-4-3-5-13(14)17/h3-10,15,19H,2H2,1H3,(H2,18,20). The largest absolute Gasteiger partial charge is 0.494 e. The molecular formula is C16H17FN2O2. The summed E-state index contributed by atoms with van der Waals surface area (Å²) in [5.41, 5.74) is 6.29. The van der Waals surface area contributed by atoms with Crippen LogP contribution < -0.4 is 15.8 Å². The number of carbonyl (C=O) groups excluding carboxylic acids is 1. The first-order valence-corrected chi connectivity index (χ1v) is 6.65. The first-order chi connectivity index (χ1) is 10.1. The zero-order valence-electron chi connectivity index (χ0n) is 11.7. The van der Waals surface area contributed by atoms with Crippen molar-refractivity contribution in [3.05, 3.63) is 59.9 Å². The first-order valence-electron chi connectivity index (χ1n) is 6.65. The van der Waals surface area contributed by atoms with Crippen LogP contribution in [-0.2, 0) is 4.79 Å². The number of para-hydroxylation sites is 1. The van der Waals surface area contributed by atoms with E-state index in [0.717, 1.165) is 0 Å². The Morgan fingerprint density at radius 1 is 1.24 bits per heavy atom. The van der Waals surface area contributed by atoms with Crippen molar-refractivity contribution in [3.8, 4) is 5.75 Å². The van der Waals surface area contributed by atoms with Crippen LogP contribution in [0.5, 0.6) is 5.75 Å². The van der Waals surface area contributed by atoms with Crippen molar-refractivity contribution in [1.29, 1.82) is 0 Å². The van der Waals surface area contributed by atoms with Gasteiger partial charge in [-0.2, -0.15) is 0 Å². The highest BCUT2D eigenvalue weighted by Gasteiger charge is 2.18. The van der Waals surface area contributed by atoms with Crippen LogP contribution in [0.3, 0.4) is 0 Å². The van der Waals surface area contributed by atoms with Crippen molar-refractivity contribution in [1.82, 2.24) is 0 Å². The molecule has 1 amide bonds. The Kier molecular flexibility index (Phi) is 4.77. The molecule has 1 atom stereocenters. The number of ether oxygens (including phenoxy) is 1. The summed E-state index contributed by atoms with van der Waals surface area (Å²) in [5.74, 6) is -0.313. The highest BCUT2D eigenvalue weighted by Crippen LogP contribution is 2.23. The van der Waals surface area contributed by atoms with E-state index in [9.17, 15) is 9.18 Å². The monoisotopic (exact) mass is 288 g/mol. The number of nitrogens with two attached hydrogens (primary N) is 1. The zero-order valence-corrected chi connectivity index (χ0v) is 11.7. The van der Waals surface area contributed by atoms with E-state index >= 15 is 0 Å². The second kappa shape index (κ2) is 6.74. The molecule has 0 spiro atoms. The number of primary amides is 1. The van der Waals surface area contributed by atoms with Gasteiger partial charge in [0, 0.05) is 0 Å². The molecule has 2 rings (SSSR count). The Morgan fingerprint density at radius 2 is 1.90 bits per heavy atom. The molecule has 1 unspecified atom stereocenters. The van der Waals surface area contributed by atoms with E-state index in [1.807, 2.05) is 6.92 Å². The van der Waals surface area contributed by atoms with Crippen LogP contribution in [0.2, 0.25) is 0 Å². The fourth-order valence-electron chi connectivity index (χ4n) is 1.98. The average Bonchev–Trinajstić information content (AvgIpc) is 2.47. The van der Waals surface area contributed by atoms with E-state index in [1.165, 1.54) is 6.07 Å². The smallest absolute Gasteiger partial charge is 0.244 e. The van der Waals surface area contributed by atoms with Crippen LogP contribution in [0, 0.1) is 5.82 Å². The van der Waals surface area contributed by atoms with E-state index in [1.54, 1.807) is 42.5 Å². The second-order valence-corrected chi connectivity index (χ2v) is 4.46. The molecule has 0 aliphatic heterocycles. The quantitative estimate of drug-likeness (QED) is 0.859. The number of anilines is 1. The summed E-state index contributed by atoms with van der Waals surface area (Å²) >= 11 is 0. The van der Waals surface area contributed by atoms with Gasteiger partial charge >= 0.3 is 0 Å². The third kappa shape index (κ3) is 3.72. The average molecular weight is 288 g/mol. The third-order valence-electron chi connectivity index (χ3n) is 2.98. The lowest BCUT2D eigenvalue weighted by molar-refractivity contribution is -0.118. The lowest BCUT2D eigenvalue weighted by Crippen LogP contribution is -2.28. The molecule has 0 bridgehead atoms. The van der Waals surface area contributed by atoms with Crippen LogP contribution in [-0.4, -0.2) is 12.5 Å². The maximum Gasteiger partial charge on any atom is 0.244 e. The lowest BCUT2D eigenvalue weighted by atomic mass is 10.1. The maximum atomic E-state index is 13.7. The van der Waals surface area contributed by atoms with Crippen LogP contribution in [0.4, 0.5) is 10.1 Å². The van der Waals surface area contributed by atoms with Gasteiger partial charge in [0.05, 0.1) is 12.3 Å². The Morgan fingerprint density at radius 3 is 2.48 bits per heavy atom. The molecule has 0 saturated carbocycles. The number of hydrogen-bond donors (Lipinski definition) is 2. The van der Waals surface area contributed by atoms with Crippen molar-refractivity contribution in [2.75, 3.05) is 11.9 Å². The molecule has 5 heteroatoms. The molecule has 0 aliphatic rings. The number of halogens is 1. The number of amides is 1. The Labute approximate surface area is 122 Å². The number of nitrogens with one attached hydrogen (secondary N) is 1. The molecule has 21 heavy (non-hydrogen) atoms. The van der Waals surface area contributed by atoms with Crippen molar-refractivity contribution < 1.29 is 13.9 Å². The van der Waals surface area contributed by atoms with E-state index in [-0.39, 0.29) is 5.69 Å². The van der Waals surface area contributed by atoms with Crippen molar-refractivity contribution >= 4 is 11.6 Å². The molecule has 0 heterocycles. The van der Waals surface area contributed by atoms with Crippen LogP contribution in [0.15, 0.2) is 48.5 Å². The third-order valence-corrected chi connectivity index (χ3v) is 2.98. The summed E-state index contributed by atoms with van der Waals surface area (Å²) in [5, 5.41) is 2.82. The van der Waals surface area contributed by atoms with Gasteiger partial charge in [-0.1, -0.05) is 24.3 Å². The molecule has 0 saturated heterocycles. The molecule has 0 aromatic heterocycles. The Balaban J connectivity index is 2.23. The minimum absolute atomic E-state index is 0.232. The number of rotatable bonds is 6. The van der Waals surface area contributed by atoms with Gasteiger partial charge in [-0.15, -0.1) is 0 Å². The number of benzene rings is 2. The summed E-state index contributed by atoms with van der Waals surface area (Å²) in [6.45, 7) is 2.45. The predicted octanol–water partition coefficient (Wildman–Crippen LogP) is 2.86. The van der Waals surface area contributed by atoms with E-state index < -0.39 is 17.8 Å². The van der Waals surface area contributed by atoms with E-state index in [2.05, 4.69) is 5.32 Å². The predicted molar refractivity (Wildman–Crippen MR) is 79.6 cm³/mol. The molecule has 0 radical (unpaired) electrons. The second-order valence-electron chi connectivity index (χ2n) is 4.46. The van der Waals surface area contributed by atoms with Crippen molar-refractivity contribution in [2.45, 2.75) is 13.0 Å². The SMILES string of the molecule is CCOc1ccc(C(Nc2ccccc2F)C(N)=O)cc1. The summed E-state index contributed by atoms with van der Waals surface area (Å²) in [7, 11) is 0. The highest BCUT2D eigenvalue weighted by molar-refractivity contribution is 5.84. The van der Waals surface area contributed by atoms with Crippen LogP contribution in [0.1, 0.15) is 18.5 Å². The highest BCUT2D eigenvalue weighted by atomic mass is 19.1. The maximum absolute atomic E-state index is 13.7. The minimum Gasteiger partial charge on any atom is -0.494 e. The van der Waals surface area contributed by atoms with Crippen LogP contribution in [0.25, 0.3) is 0 Å². The summed E-state index contributed by atoms with van der Waals surface area (Å²) < 4.78 is 19.0. The van der Waals surface area contributed by atoms with E-state index in [4.69, 9.17) is 10.5 Å². The van der Waals surface area contributed by atoms with Gasteiger partial charge in [0.2, 0.25) is 5.91 Å². The molecule has 3 N–H and O–H groups in total. The fourth-order valence-corrected chi connectivity index (χ4v) is 1.98. The van der Waals surface area contributed by atoms with Crippen molar-refractivity contribution in [2.24, 2.45) is 5.73 Å². The van der Waals surface area contributed by atoms with Gasteiger partial charge in [-0.25, -0.2) is 4.39 Å². The van der Waals surface area contributed by atoms with E-state index in [0.29, 0.717) is 17.9 Å². The van der Waals surface area contributed by atoms with Gasteiger partial charge < -0.3 is 15.8 Å². The Bertz CT molecular complexity index is 614. The van der Waals surface area contributed by atoms with Crippen LogP contribution >= 0.6 is 0 Å². The minimum atomic E-state index is -0.808. The van der Waals surface area contributed by atoms with Gasteiger partial charge in [0.15, 0.2) is 0 Å². The number of carbonyl (C=O) groups is 1. The molecule has 110 valence electrons. The molecule has 0 aliphatic carbocycles.